The molecule has 1 N–H and O–H groups in total. The van der Waals surface area contributed by atoms with Crippen LogP contribution >= 0.6 is 11.3 Å². The lowest BCUT2D eigenvalue weighted by Gasteiger charge is -2.17. The summed E-state index contributed by atoms with van der Waals surface area (Å²) in [5.41, 5.74) is 1.22. The summed E-state index contributed by atoms with van der Waals surface area (Å²) in [5.74, 6) is -0.744. The highest BCUT2D eigenvalue weighted by atomic mass is 32.1. The van der Waals surface area contributed by atoms with Crippen molar-refractivity contribution in [3.05, 3.63) is 45.4 Å². The van der Waals surface area contributed by atoms with Gasteiger partial charge in [-0.25, -0.2) is 4.39 Å². The van der Waals surface area contributed by atoms with E-state index in [2.05, 4.69) is 5.32 Å². The van der Waals surface area contributed by atoms with E-state index in [1.54, 1.807) is 11.4 Å². The molecule has 21 heavy (non-hydrogen) atoms. The summed E-state index contributed by atoms with van der Waals surface area (Å²) in [5, 5.41) is 4.34. The molecule has 0 spiro atoms. The number of nitrogens with one attached hydrogen (secondary N) is 1. The molecular formula is C15H12FNO3S. The number of hydrogen-bond donors (Lipinski definition) is 1. The number of fused-ring (bicyclic) bond motifs is 1. The molecule has 0 atom stereocenters. The average Bonchev–Trinajstić information content (AvgIpc) is 2.94. The first-order chi connectivity index (χ1) is 10.1. The van der Waals surface area contributed by atoms with Gasteiger partial charge in [0.05, 0.1) is 12.7 Å². The van der Waals surface area contributed by atoms with Gasteiger partial charge in [-0.1, -0.05) is 0 Å². The van der Waals surface area contributed by atoms with Crippen LogP contribution in [0.25, 0.3) is 0 Å². The molecule has 0 fully saturated rings. The number of amides is 1. The van der Waals surface area contributed by atoms with Gasteiger partial charge in [0.1, 0.15) is 16.4 Å². The van der Waals surface area contributed by atoms with Gasteiger partial charge < -0.3 is 10.1 Å². The molecule has 6 heteroatoms. The number of aryl methyl sites for hydroxylation is 1. The van der Waals surface area contributed by atoms with Crippen LogP contribution in [0.1, 0.15) is 27.2 Å². The van der Waals surface area contributed by atoms with Gasteiger partial charge in [-0.2, -0.15) is 0 Å². The Kier molecular flexibility index (Phi) is 3.47. The van der Waals surface area contributed by atoms with Gasteiger partial charge in [0, 0.05) is 12.1 Å². The van der Waals surface area contributed by atoms with E-state index in [1.807, 2.05) is 0 Å². The molecule has 0 unspecified atom stereocenters. The monoisotopic (exact) mass is 305 g/mol. The third kappa shape index (κ3) is 2.42. The molecule has 1 aromatic carbocycles. The van der Waals surface area contributed by atoms with Crippen LogP contribution in [0.15, 0.2) is 23.6 Å². The van der Waals surface area contributed by atoms with Crippen LogP contribution in [0.5, 0.6) is 5.75 Å². The van der Waals surface area contributed by atoms with Gasteiger partial charge in [0.15, 0.2) is 0 Å². The van der Waals surface area contributed by atoms with Crippen molar-refractivity contribution in [1.82, 2.24) is 0 Å². The number of hydrogen-bond acceptors (Lipinski definition) is 4. The Hall–Kier alpha value is -2.21. The Balaban J connectivity index is 2.03. The zero-order chi connectivity index (χ0) is 15.0. The van der Waals surface area contributed by atoms with Gasteiger partial charge >= 0.3 is 0 Å². The van der Waals surface area contributed by atoms with Crippen molar-refractivity contribution >= 4 is 28.7 Å². The third-order valence-corrected chi connectivity index (χ3v) is 4.28. The molecule has 3 rings (SSSR count). The lowest BCUT2D eigenvalue weighted by molar-refractivity contribution is -0.116. The normalized spacial score (nSPS) is 13.5. The average molecular weight is 305 g/mol. The fourth-order valence-electron chi connectivity index (χ4n) is 2.32. The Morgan fingerprint density at radius 3 is 2.95 bits per heavy atom. The van der Waals surface area contributed by atoms with E-state index in [0.717, 1.165) is 5.56 Å². The molecular weight excluding hydrogens is 293 g/mol. The van der Waals surface area contributed by atoms with Gasteiger partial charge in [-0.3, -0.25) is 9.59 Å². The summed E-state index contributed by atoms with van der Waals surface area (Å²) in [6.07, 6.45) is 0.845. The van der Waals surface area contributed by atoms with Gasteiger partial charge in [0.2, 0.25) is 11.7 Å². The van der Waals surface area contributed by atoms with E-state index in [-0.39, 0.29) is 11.5 Å². The number of anilines is 1. The minimum absolute atomic E-state index is 0.00523. The number of ether oxygens (including phenoxy) is 1. The summed E-state index contributed by atoms with van der Waals surface area (Å²) >= 11 is 1.21. The Morgan fingerprint density at radius 1 is 1.38 bits per heavy atom. The van der Waals surface area contributed by atoms with Gasteiger partial charge in [-0.05, 0) is 35.6 Å². The maximum Gasteiger partial charge on any atom is 0.224 e. The first-order valence-corrected chi connectivity index (χ1v) is 7.26. The van der Waals surface area contributed by atoms with Crippen molar-refractivity contribution in [2.45, 2.75) is 12.8 Å². The topological polar surface area (TPSA) is 55.4 Å². The molecule has 0 radical (unpaired) electrons. The quantitative estimate of drug-likeness (QED) is 0.887. The van der Waals surface area contributed by atoms with E-state index < -0.39 is 11.6 Å². The van der Waals surface area contributed by atoms with E-state index in [1.165, 1.54) is 30.6 Å². The highest BCUT2D eigenvalue weighted by Gasteiger charge is 2.23. The first-order valence-electron chi connectivity index (χ1n) is 6.38. The van der Waals surface area contributed by atoms with Crippen LogP contribution in [0.4, 0.5) is 10.1 Å². The van der Waals surface area contributed by atoms with Crippen molar-refractivity contribution in [1.29, 1.82) is 0 Å². The van der Waals surface area contributed by atoms with Crippen LogP contribution < -0.4 is 10.1 Å². The summed E-state index contributed by atoms with van der Waals surface area (Å²) in [6.45, 7) is 0. The van der Waals surface area contributed by atoms with Crippen molar-refractivity contribution in [3.8, 4) is 5.75 Å². The zero-order valence-corrected chi connectivity index (χ0v) is 12.1. The highest BCUT2D eigenvalue weighted by molar-refractivity contribution is 7.12. The number of ketones is 1. The summed E-state index contributed by atoms with van der Waals surface area (Å²) in [7, 11) is 1.47. The molecule has 1 amide bonds. The molecule has 2 aromatic rings. The largest absolute Gasteiger partial charge is 0.495 e. The van der Waals surface area contributed by atoms with E-state index in [9.17, 15) is 14.0 Å². The SMILES string of the molecule is COc1ccsc1C(=O)c1cc2c(cc1F)NC(=O)CC2. The molecule has 0 bridgehead atoms. The van der Waals surface area contributed by atoms with E-state index in [4.69, 9.17) is 4.74 Å². The van der Waals surface area contributed by atoms with Crippen LogP contribution in [0, 0.1) is 5.82 Å². The lowest BCUT2D eigenvalue weighted by atomic mass is 9.97. The van der Waals surface area contributed by atoms with E-state index in [0.29, 0.717) is 29.2 Å². The summed E-state index contributed by atoms with van der Waals surface area (Å²) in [4.78, 5) is 24.1. The van der Waals surface area contributed by atoms with Crippen LogP contribution in [0.2, 0.25) is 0 Å². The Morgan fingerprint density at radius 2 is 2.19 bits per heavy atom. The van der Waals surface area contributed by atoms with Crippen molar-refractivity contribution in [2.75, 3.05) is 12.4 Å². The van der Waals surface area contributed by atoms with Gasteiger partial charge in [0.25, 0.3) is 0 Å². The first kappa shape index (κ1) is 13.8. The predicted octanol–water partition coefficient (Wildman–Crippen LogP) is 3.01. The molecule has 1 aliphatic heterocycles. The summed E-state index contributed by atoms with van der Waals surface area (Å²) < 4.78 is 19.3. The van der Waals surface area contributed by atoms with Crippen molar-refractivity contribution < 1.29 is 18.7 Å². The highest BCUT2D eigenvalue weighted by Crippen LogP contribution is 2.31. The maximum absolute atomic E-state index is 14.2. The summed E-state index contributed by atoms with van der Waals surface area (Å²) in [6, 6.07) is 4.40. The number of thiophene rings is 1. The number of halogens is 1. The predicted molar refractivity (Wildman–Crippen MR) is 77.7 cm³/mol. The Bertz CT molecular complexity index is 739. The fraction of sp³-hybridized carbons (Fsp3) is 0.200. The van der Waals surface area contributed by atoms with Crippen molar-refractivity contribution in [3.63, 3.8) is 0 Å². The number of methoxy groups -OCH3 is 1. The molecule has 1 aromatic heterocycles. The number of rotatable bonds is 3. The molecule has 2 heterocycles. The minimum atomic E-state index is -0.642. The second-order valence-electron chi connectivity index (χ2n) is 4.68. The third-order valence-electron chi connectivity index (χ3n) is 3.39. The van der Waals surface area contributed by atoms with Crippen LogP contribution in [-0.2, 0) is 11.2 Å². The molecule has 0 saturated carbocycles. The molecule has 4 nitrogen and oxygen atoms in total. The second kappa shape index (κ2) is 5.29. The minimum Gasteiger partial charge on any atom is -0.495 e. The number of benzene rings is 1. The second-order valence-corrected chi connectivity index (χ2v) is 5.60. The number of carbonyl (C=O) groups excluding carboxylic acids is 2. The molecule has 1 aliphatic rings. The molecule has 0 aliphatic carbocycles. The Labute approximate surface area is 124 Å². The molecule has 108 valence electrons. The lowest BCUT2D eigenvalue weighted by Crippen LogP contribution is -2.20. The van der Waals surface area contributed by atoms with E-state index >= 15 is 0 Å². The smallest absolute Gasteiger partial charge is 0.224 e. The maximum atomic E-state index is 14.2. The zero-order valence-electron chi connectivity index (χ0n) is 11.2. The van der Waals surface area contributed by atoms with Crippen LogP contribution in [-0.4, -0.2) is 18.8 Å². The van der Waals surface area contributed by atoms with Crippen molar-refractivity contribution in [2.24, 2.45) is 0 Å². The standard InChI is InChI=1S/C15H12FNO3S/c1-20-12-4-5-21-15(12)14(19)9-6-8-2-3-13(18)17-11(8)7-10(9)16/h4-7H,2-3H2,1H3,(H,17,18). The molecule has 0 saturated heterocycles. The van der Waals surface area contributed by atoms with Crippen LogP contribution in [0.3, 0.4) is 0 Å². The van der Waals surface area contributed by atoms with Gasteiger partial charge in [-0.15, -0.1) is 11.3 Å². The fourth-order valence-corrected chi connectivity index (χ4v) is 3.13. The number of carbonyl (C=O) groups is 2.